The van der Waals surface area contributed by atoms with Gasteiger partial charge < -0.3 is 5.32 Å². The molecule has 0 aliphatic carbocycles. The number of hydrogen-bond donors (Lipinski definition) is 1. The summed E-state index contributed by atoms with van der Waals surface area (Å²) in [7, 11) is 0. The van der Waals surface area contributed by atoms with Gasteiger partial charge >= 0.3 is 0 Å². The summed E-state index contributed by atoms with van der Waals surface area (Å²) in [5, 5.41) is 5.15. The number of carbonyl (C=O) groups is 1. The molecule has 0 aliphatic rings. The van der Waals surface area contributed by atoms with E-state index >= 15 is 0 Å². The Labute approximate surface area is 117 Å². The first-order valence-electron chi connectivity index (χ1n) is 5.79. The van der Waals surface area contributed by atoms with Gasteiger partial charge in [-0.3, -0.25) is 4.79 Å². The summed E-state index contributed by atoms with van der Waals surface area (Å²) >= 11 is 4.56. The maximum Gasteiger partial charge on any atom is 0.228 e. The number of nitrogens with one attached hydrogen (secondary N) is 1. The molecular formula is C15H12N2OS. The number of carbonyl (C=O) groups excluding carboxylic acids is 1. The minimum atomic E-state index is -0.0605. The molecule has 2 rings (SSSR count). The quantitative estimate of drug-likeness (QED) is 0.680. The standard InChI is InChI=1S/C15H12N2OS/c18-15(17-13-6-2-1-3-7-13)10-12-5-4-8-14(9-12)16-11-19/h1-9H,10H2,(H,17,18). The van der Waals surface area contributed by atoms with Gasteiger partial charge in [0.05, 0.1) is 17.3 Å². The average Bonchev–Trinajstić information content (AvgIpc) is 2.40. The summed E-state index contributed by atoms with van der Waals surface area (Å²) < 4.78 is 0. The van der Waals surface area contributed by atoms with Crippen molar-refractivity contribution in [3.8, 4) is 0 Å². The lowest BCUT2D eigenvalue weighted by molar-refractivity contribution is -0.115. The topological polar surface area (TPSA) is 41.5 Å². The number of para-hydroxylation sites is 1. The van der Waals surface area contributed by atoms with Crippen LogP contribution >= 0.6 is 12.2 Å². The molecule has 0 unspecified atom stereocenters. The minimum absolute atomic E-state index is 0.0605. The Bertz CT molecular complexity index is 619. The van der Waals surface area contributed by atoms with Crippen LogP contribution in [-0.2, 0) is 11.2 Å². The second-order valence-electron chi connectivity index (χ2n) is 3.96. The van der Waals surface area contributed by atoms with Crippen LogP contribution in [0.3, 0.4) is 0 Å². The van der Waals surface area contributed by atoms with Crippen molar-refractivity contribution in [2.24, 2.45) is 4.99 Å². The van der Waals surface area contributed by atoms with Crippen LogP contribution in [0.5, 0.6) is 0 Å². The van der Waals surface area contributed by atoms with E-state index in [9.17, 15) is 4.79 Å². The highest BCUT2D eigenvalue weighted by Gasteiger charge is 2.04. The third kappa shape index (κ3) is 4.14. The van der Waals surface area contributed by atoms with Crippen molar-refractivity contribution in [1.82, 2.24) is 0 Å². The summed E-state index contributed by atoms with van der Waals surface area (Å²) in [6.07, 6.45) is 0.301. The number of anilines is 1. The smallest absolute Gasteiger partial charge is 0.228 e. The Morgan fingerprint density at radius 3 is 2.68 bits per heavy atom. The molecule has 3 nitrogen and oxygen atoms in total. The predicted molar refractivity (Wildman–Crippen MR) is 79.9 cm³/mol. The van der Waals surface area contributed by atoms with Crippen LogP contribution in [0.2, 0.25) is 0 Å². The fourth-order valence-electron chi connectivity index (χ4n) is 1.70. The van der Waals surface area contributed by atoms with Gasteiger partial charge in [0.15, 0.2) is 0 Å². The van der Waals surface area contributed by atoms with Crippen LogP contribution in [0, 0.1) is 0 Å². The van der Waals surface area contributed by atoms with Crippen molar-refractivity contribution in [1.29, 1.82) is 0 Å². The number of benzene rings is 2. The highest BCUT2D eigenvalue weighted by molar-refractivity contribution is 7.78. The van der Waals surface area contributed by atoms with Gasteiger partial charge in [0.25, 0.3) is 0 Å². The van der Waals surface area contributed by atoms with Gasteiger partial charge in [-0.15, -0.1) is 0 Å². The number of amides is 1. The highest BCUT2D eigenvalue weighted by Crippen LogP contribution is 2.14. The van der Waals surface area contributed by atoms with Crippen molar-refractivity contribution in [3.63, 3.8) is 0 Å². The Hall–Kier alpha value is -2.29. The maximum atomic E-state index is 11.9. The largest absolute Gasteiger partial charge is 0.326 e. The normalized spacial score (nSPS) is 9.47. The van der Waals surface area contributed by atoms with Crippen LogP contribution in [0.4, 0.5) is 11.4 Å². The molecule has 0 aromatic heterocycles. The summed E-state index contributed by atoms with van der Waals surface area (Å²) in [6.45, 7) is 0. The monoisotopic (exact) mass is 268 g/mol. The first kappa shape index (κ1) is 13.1. The predicted octanol–water partition coefficient (Wildman–Crippen LogP) is 3.60. The first-order chi connectivity index (χ1) is 9.28. The lowest BCUT2D eigenvalue weighted by atomic mass is 10.1. The third-order valence-electron chi connectivity index (χ3n) is 2.51. The number of aliphatic imine (C=N–C) groups is 1. The highest BCUT2D eigenvalue weighted by atomic mass is 32.1. The van der Waals surface area contributed by atoms with E-state index < -0.39 is 0 Å². The Morgan fingerprint density at radius 2 is 1.95 bits per heavy atom. The van der Waals surface area contributed by atoms with Crippen LogP contribution in [-0.4, -0.2) is 11.1 Å². The molecule has 0 bridgehead atoms. The van der Waals surface area contributed by atoms with Crippen molar-refractivity contribution in [3.05, 3.63) is 60.2 Å². The molecule has 1 amide bonds. The van der Waals surface area contributed by atoms with E-state index in [0.717, 1.165) is 11.3 Å². The number of hydrogen-bond acceptors (Lipinski definition) is 3. The second kappa shape index (κ2) is 6.59. The number of thiocarbonyl (C=S) groups is 1. The Balaban J connectivity index is 2.03. The number of rotatable bonds is 4. The maximum absolute atomic E-state index is 11.9. The summed E-state index contributed by atoms with van der Waals surface area (Å²) in [4.78, 5) is 15.8. The first-order valence-corrected chi connectivity index (χ1v) is 6.20. The van der Waals surface area contributed by atoms with Gasteiger partial charge in [0, 0.05) is 5.69 Å². The molecule has 0 aliphatic heterocycles. The SMILES string of the molecule is O=C(Cc1cccc(N=C=S)c1)Nc1ccccc1. The van der Waals surface area contributed by atoms with Crippen LogP contribution < -0.4 is 5.32 Å². The van der Waals surface area contributed by atoms with Gasteiger partial charge in [-0.2, -0.15) is 4.99 Å². The zero-order chi connectivity index (χ0) is 13.5. The molecule has 0 radical (unpaired) electrons. The molecule has 4 heteroatoms. The van der Waals surface area contributed by atoms with E-state index in [1.54, 1.807) is 0 Å². The lowest BCUT2D eigenvalue weighted by Crippen LogP contribution is -2.14. The fraction of sp³-hybridized carbons (Fsp3) is 0.0667. The molecule has 0 fully saturated rings. The molecular weight excluding hydrogens is 256 g/mol. The number of isothiocyanates is 1. The summed E-state index contributed by atoms with van der Waals surface area (Å²) in [6, 6.07) is 16.7. The van der Waals surface area contributed by atoms with Crippen LogP contribution in [0.1, 0.15) is 5.56 Å². The van der Waals surface area contributed by atoms with Crippen LogP contribution in [0.25, 0.3) is 0 Å². The van der Waals surface area contributed by atoms with E-state index in [-0.39, 0.29) is 5.91 Å². The fourth-order valence-corrected chi connectivity index (χ4v) is 1.81. The van der Waals surface area contributed by atoms with Crippen LogP contribution in [0.15, 0.2) is 59.6 Å². The molecule has 94 valence electrons. The van der Waals surface area contributed by atoms with Gasteiger partial charge in [0.2, 0.25) is 5.91 Å². The van der Waals surface area contributed by atoms with Crippen molar-refractivity contribution in [2.75, 3.05) is 5.32 Å². The van der Waals surface area contributed by atoms with E-state index in [1.807, 2.05) is 54.6 Å². The summed E-state index contributed by atoms with van der Waals surface area (Å²) in [5.41, 5.74) is 2.39. The summed E-state index contributed by atoms with van der Waals surface area (Å²) in [5.74, 6) is -0.0605. The third-order valence-corrected chi connectivity index (χ3v) is 2.60. The molecule has 2 aromatic rings. The molecule has 0 spiro atoms. The molecule has 0 saturated heterocycles. The zero-order valence-corrected chi connectivity index (χ0v) is 11.0. The van der Waals surface area contributed by atoms with Gasteiger partial charge in [0.1, 0.15) is 0 Å². The molecule has 2 aromatic carbocycles. The zero-order valence-electron chi connectivity index (χ0n) is 10.2. The minimum Gasteiger partial charge on any atom is -0.326 e. The lowest BCUT2D eigenvalue weighted by Gasteiger charge is -2.05. The van der Waals surface area contributed by atoms with E-state index in [1.165, 1.54) is 0 Å². The van der Waals surface area contributed by atoms with Crippen molar-refractivity contribution in [2.45, 2.75) is 6.42 Å². The van der Waals surface area contributed by atoms with E-state index in [4.69, 9.17) is 0 Å². The van der Waals surface area contributed by atoms with Crippen molar-refractivity contribution >= 4 is 34.7 Å². The van der Waals surface area contributed by atoms with Gasteiger partial charge in [-0.05, 0) is 42.0 Å². The second-order valence-corrected chi connectivity index (χ2v) is 4.15. The Morgan fingerprint density at radius 1 is 1.16 bits per heavy atom. The Kier molecular flexibility index (Phi) is 4.56. The molecule has 0 atom stereocenters. The molecule has 0 heterocycles. The van der Waals surface area contributed by atoms with Gasteiger partial charge in [-0.1, -0.05) is 30.3 Å². The van der Waals surface area contributed by atoms with E-state index in [0.29, 0.717) is 12.1 Å². The molecule has 19 heavy (non-hydrogen) atoms. The molecule has 0 saturated carbocycles. The van der Waals surface area contributed by atoms with E-state index in [2.05, 4.69) is 27.7 Å². The number of nitrogens with zero attached hydrogens (tertiary/aromatic N) is 1. The van der Waals surface area contributed by atoms with Crippen molar-refractivity contribution < 1.29 is 4.79 Å². The van der Waals surface area contributed by atoms with Gasteiger partial charge in [-0.25, -0.2) is 0 Å². The molecule has 1 N–H and O–H groups in total. The average molecular weight is 268 g/mol.